The lowest BCUT2D eigenvalue weighted by Gasteiger charge is -2.21. The Morgan fingerprint density at radius 1 is 1.00 bits per heavy atom. The van der Waals surface area contributed by atoms with E-state index in [9.17, 15) is 22.8 Å². The van der Waals surface area contributed by atoms with E-state index >= 15 is 0 Å². The number of hydrogen-bond donors (Lipinski definition) is 2. The number of anilines is 2. The molecule has 0 aromatic heterocycles. The molecule has 2 rings (SSSR count). The van der Waals surface area contributed by atoms with E-state index in [1.165, 1.54) is 11.8 Å². The maximum absolute atomic E-state index is 13.8. The molecule has 0 fully saturated rings. The van der Waals surface area contributed by atoms with Gasteiger partial charge in [-0.15, -0.1) is 18.3 Å². The quantitative estimate of drug-likeness (QED) is 0.296. The minimum absolute atomic E-state index is 0.0675. The molecule has 0 aliphatic carbocycles. The van der Waals surface area contributed by atoms with Crippen molar-refractivity contribution in [2.45, 2.75) is 18.2 Å². The molecule has 0 aliphatic heterocycles. The lowest BCUT2D eigenvalue weighted by Crippen LogP contribution is -2.39. The van der Waals surface area contributed by atoms with Crippen molar-refractivity contribution in [1.29, 1.82) is 0 Å². The highest BCUT2D eigenvalue weighted by atomic mass is 32.2. The van der Waals surface area contributed by atoms with Gasteiger partial charge in [0.25, 0.3) is 0 Å². The van der Waals surface area contributed by atoms with Gasteiger partial charge in [0.15, 0.2) is 17.5 Å². The molecule has 5 nitrogen and oxygen atoms in total. The van der Waals surface area contributed by atoms with Gasteiger partial charge >= 0.3 is 0 Å². The van der Waals surface area contributed by atoms with E-state index < -0.39 is 29.0 Å². The average Bonchev–Trinajstić information content (AvgIpc) is 2.73. The first-order chi connectivity index (χ1) is 14.8. The van der Waals surface area contributed by atoms with Gasteiger partial charge in [0.2, 0.25) is 11.8 Å². The molecule has 0 saturated heterocycles. The molecule has 2 aromatic carbocycles. The number of halogens is 3. The van der Waals surface area contributed by atoms with Crippen LogP contribution in [0.4, 0.5) is 24.5 Å². The van der Waals surface area contributed by atoms with Crippen molar-refractivity contribution in [2.75, 3.05) is 36.0 Å². The zero-order valence-electron chi connectivity index (χ0n) is 17.1. The molecule has 0 atom stereocenters. The van der Waals surface area contributed by atoms with Crippen LogP contribution >= 0.6 is 11.8 Å². The predicted octanol–water partition coefficient (Wildman–Crippen LogP) is 4.67. The minimum Gasteiger partial charge on any atom is -0.324 e. The third-order valence-electron chi connectivity index (χ3n) is 4.10. The lowest BCUT2D eigenvalue weighted by atomic mass is 10.2. The van der Waals surface area contributed by atoms with Crippen LogP contribution in [-0.4, -0.2) is 42.1 Å². The predicted molar refractivity (Wildman–Crippen MR) is 118 cm³/mol. The minimum atomic E-state index is -1.66. The smallest absolute Gasteiger partial charge is 0.238 e. The number of hydrogen-bond acceptors (Lipinski definition) is 4. The Labute approximate surface area is 183 Å². The zero-order valence-corrected chi connectivity index (χ0v) is 17.9. The first-order valence-corrected chi connectivity index (χ1v) is 10.6. The molecule has 0 saturated carbocycles. The molecule has 0 radical (unpaired) electrons. The normalized spacial score (nSPS) is 10.7. The molecule has 0 unspecified atom stereocenters. The Balaban J connectivity index is 1.99. The standard InChI is InChI=1S/C22H24F3N3O2S/c1-3-11-28(14-20(30)27-17-10-9-15(23)21(24)22(17)25)13-19(29)26-16-7-5-6-8-18(16)31-12-4-2/h4-10H,2-3,11-14H2,1H3,(H,26,29)(H,27,30). The molecule has 31 heavy (non-hydrogen) atoms. The second-order valence-corrected chi connectivity index (χ2v) is 7.69. The third kappa shape index (κ3) is 7.45. The summed E-state index contributed by atoms with van der Waals surface area (Å²) in [6.07, 6.45) is 2.44. The van der Waals surface area contributed by atoms with Crippen LogP contribution < -0.4 is 10.6 Å². The topological polar surface area (TPSA) is 61.4 Å². The highest BCUT2D eigenvalue weighted by molar-refractivity contribution is 7.99. The van der Waals surface area contributed by atoms with E-state index in [1.807, 2.05) is 19.1 Å². The number of rotatable bonds is 11. The molecule has 2 N–H and O–H groups in total. The molecule has 0 spiro atoms. The molecule has 2 amide bonds. The van der Waals surface area contributed by atoms with Crippen molar-refractivity contribution in [3.63, 3.8) is 0 Å². The fourth-order valence-corrected chi connectivity index (χ4v) is 3.53. The van der Waals surface area contributed by atoms with Gasteiger partial charge in [-0.1, -0.05) is 25.1 Å². The molecule has 2 aromatic rings. The van der Waals surface area contributed by atoms with Gasteiger partial charge in [-0.2, -0.15) is 0 Å². The first kappa shape index (κ1) is 24.5. The van der Waals surface area contributed by atoms with Crippen LogP contribution in [0.5, 0.6) is 0 Å². The Morgan fingerprint density at radius 2 is 1.65 bits per heavy atom. The number of amides is 2. The number of thioether (sulfide) groups is 1. The van der Waals surface area contributed by atoms with Gasteiger partial charge in [-0.25, -0.2) is 13.2 Å². The average molecular weight is 452 g/mol. The van der Waals surface area contributed by atoms with Gasteiger partial charge in [0.05, 0.1) is 24.5 Å². The van der Waals surface area contributed by atoms with Crippen molar-refractivity contribution in [3.05, 3.63) is 66.5 Å². The number of nitrogens with one attached hydrogen (secondary N) is 2. The zero-order chi connectivity index (χ0) is 22.8. The summed E-state index contributed by atoms with van der Waals surface area (Å²) in [5.74, 6) is -4.74. The fraction of sp³-hybridized carbons (Fsp3) is 0.273. The summed E-state index contributed by atoms with van der Waals surface area (Å²) in [5.41, 5.74) is 0.196. The van der Waals surface area contributed by atoms with Gasteiger partial charge in [-0.3, -0.25) is 14.5 Å². The summed E-state index contributed by atoms with van der Waals surface area (Å²) < 4.78 is 40.2. The largest absolute Gasteiger partial charge is 0.324 e. The van der Waals surface area contributed by atoms with Crippen LogP contribution in [0.15, 0.2) is 53.9 Å². The lowest BCUT2D eigenvalue weighted by molar-refractivity contribution is -0.120. The van der Waals surface area contributed by atoms with Crippen molar-refractivity contribution in [3.8, 4) is 0 Å². The van der Waals surface area contributed by atoms with E-state index in [-0.39, 0.29) is 19.0 Å². The van der Waals surface area contributed by atoms with Gasteiger partial charge in [0.1, 0.15) is 0 Å². The van der Waals surface area contributed by atoms with Gasteiger partial charge < -0.3 is 10.6 Å². The second-order valence-electron chi connectivity index (χ2n) is 6.63. The third-order valence-corrected chi connectivity index (χ3v) is 5.17. The van der Waals surface area contributed by atoms with E-state index in [1.54, 1.807) is 23.1 Å². The fourth-order valence-electron chi connectivity index (χ4n) is 2.78. The maximum atomic E-state index is 13.8. The first-order valence-electron chi connectivity index (χ1n) is 9.64. The van der Waals surface area contributed by atoms with E-state index in [4.69, 9.17) is 0 Å². The number of para-hydroxylation sites is 1. The Bertz CT molecular complexity index is 940. The number of benzene rings is 2. The molecule has 9 heteroatoms. The number of carbonyl (C=O) groups excluding carboxylic acids is 2. The summed E-state index contributed by atoms with van der Waals surface area (Å²) in [7, 11) is 0. The molecule has 0 heterocycles. The summed E-state index contributed by atoms with van der Waals surface area (Å²) in [4.78, 5) is 27.3. The molecule has 0 aliphatic rings. The summed E-state index contributed by atoms with van der Waals surface area (Å²) in [5, 5.41) is 5.05. The maximum Gasteiger partial charge on any atom is 0.238 e. The molecular weight excluding hydrogens is 427 g/mol. The summed E-state index contributed by atoms with van der Waals surface area (Å²) in [6.45, 7) is 5.73. The van der Waals surface area contributed by atoms with Gasteiger partial charge in [-0.05, 0) is 37.2 Å². The van der Waals surface area contributed by atoms with Crippen LogP contribution in [0.25, 0.3) is 0 Å². The SMILES string of the molecule is C=CCSc1ccccc1NC(=O)CN(CCC)CC(=O)Nc1ccc(F)c(F)c1F. The van der Waals surface area contributed by atoms with E-state index in [0.29, 0.717) is 24.4 Å². The second kappa shape index (κ2) is 12.2. The Kier molecular flexibility index (Phi) is 9.61. The van der Waals surface area contributed by atoms with Crippen LogP contribution in [0, 0.1) is 17.5 Å². The molecule has 166 valence electrons. The monoisotopic (exact) mass is 451 g/mol. The van der Waals surface area contributed by atoms with Crippen LogP contribution in [-0.2, 0) is 9.59 Å². The summed E-state index contributed by atoms with van der Waals surface area (Å²) >= 11 is 1.53. The Hall–Kier alpha value is -2.78. The number of nitrogens with zero attached hydrogens (tertiary/aromatic N) is 1. The number of carbonyl (C=O) groups is 2. The van der Waals surface area contributed by atoms with Crippen molar-refractivity contribution < 1.29 is 22.8 Å². The summed E-state index contributed by atoms with van der Waals surface area (Å²) in [6, 6.07) is 9.02. The van der Waals surface area contributed by atoms with Crippen molar-refractivity contribution in [1.82, 2.24) is 4.90 Å². The van der Waals surface area contributed by atoms with E-state index in [2.05, 4.69) is 17.2 Å². The van der Waals surface area contributed by atoms with Crippen LogP contribution in [0.1, 0.15) is 13.3 Å². The molecule has 0 bridgehead atoms. The Morgan fingerprint density at radius 3 is 2.29 bits per heavy atom. The van der Waals surface area contributed by atoms with Crippen molar-refractivity contribution >= 4 is 35.0 Å². The van der Waals surface area contributed by atoms with Crippen LogP contribution in [0.3, 0.4) is 0 Å². The van der Waals surface area contributed by atoms with Gasteiger partial charge in [0, 0.05) is 10.6 Å². The molecular formula is C22H24F3N3O2S. The van der Waals surface area contributed by atoms with Crippen molar-refractivity contribution in [2.24, 2.45) is 0 Å². The highest BCUT2D eigenvalue weighted by Crippen LogP contribution is 2.27. The van der Waals surface area contributed by atoms with Crippen LogP contribution in [0.2, 0.25) is 0 Å². The van der Waals surface area contributed by atoms with E-state index in [0.717, 1.165) is 17.0 Å². The highest BCUT2D eigenvalue weighted by Gasteiger charge is 2.18.